The van der Waals surface area contributed by atoms with Crippen molar-refractivity contribution in [3.8, 4) is 0 Å². The molecule has 0 unspecified atom stereocenters. The Morgan fingerprint density at radius 3 is 2.73 bits per heavy atom. The zero-order valence-corrected chi connectivity index (χ0v) is 12.8. The fraction of sp³-hybridized carbons (Fsp3) is 0.188. The molecule has 2 aromatic heterocycles. The maximum absolute atomic E-state index is 12.2. The first-order valence-corrected chi connectivity index (χ1v) is 7.89. The van der Waals surface area contributed by atoms with Crippen molar-refractivity contribution in [3.05, 3.63) is 68.3 Å². The molecule has 0 radical (unpaired) electrons. The highest BCUT2D eigenvalue weighted by Gasteiger charge is 2.11. The fourth-order valence-electron chi connectivity index (χ4n) is 2.20. The topological polar surface area (TPSA) is 76.0 Å². The van der Waals surface area contributed by atoms with Crippen molar-refractivity contribution in [2.45, 2.75) is 24.3 Å². The van der Waals surface area contributed by atoms with Crippen LogP contribution in [-0.4, -0.2) is 9.97 Å². The van der Waals surface area contributed by atoms with Crippen molar-refractivity contribution in [1.29, 1.82) is 0 Å². The molecule has 0 aliphatic carbocycles. The van der Waals surface area contributed by atoms with E-state index < -0.39 is 5.63 Å². The lowest BCUT2D eigenvalue weighted by Crippen LogP contribution is -2.14. The monoisotopic (exact) mass is 314 g/mol. The van der Waals surface area contributed by atoms with Gasteiger partial charge < -0.3 is 9.40 Å². The van der Waals surface area contributed by atoms with E-state index in [4.69, 9.17) is 4.42 Å². The largest absolute Gasteiger partial charge is 0.403 e. The number of hydrogen-bond donors (Lipinski definition) is 1. The van der Waals surface area contributed by atoms with Crippen molar-refractivity contribution in [2.24, 2.45) is 0 Å². The standard InChI is InChI=1S/C16H14N2O3S/c1-2-11-8-12(19)21-15-13(11)14(20)17-16(18-15)22-9-10-6-4-3-5-7-10/h3-8H,2,9H2,1H3,(H,17,18,20). The predicted octanol–water partition coefficient (Wildman–Crippen LogP) is 2.73. The van der Waals surface area contributed by atoms with Gasteiger partial charge in [0.05, 0.1) is 0 Å². The molecule has 1 aromatic carbocycles. The molecule has 6 heteroatoms. The number of H-pyrrole nitrogens is 1. The highest BCUT2D eigenvalue weighted by Crippen LogP contribution is 2.20. The zero-order valence-electron chi connectivity index (χ0n) is 12.0. The fourth-order valence-corrected chi connectivity index (χ4v) is 3.01. The number of fused-ring (bicyclic) bond motifs is 1. The normalized spacial score (nSPS) is 11.0. The highest BCUT2D eigenvalue weighted by atomic mass is 32.2. The van der Waals surface area contributed by atoms with Gasteiger partial charge in [-0.2, -0.15) is 4.98 Å². The molecule has 0 amide bonds. The minimum Gasteiger partial charge on any atom is -0.403 e. The Hall–Kier alpha value is -2.34. The lowest BCUT2D eigenvalue weighted by atomic mass is 10.1. The quantitative estimate of drug-likeness (QED) is 0.592. The van der Waals surface area contributed by atoms with E-state index in [1.807, 2.05) is 37.3 Å². The summed E-state index contributed by atoms with van der Waals surface area (Å²) in [5.41, 5.74) is 1.12. The van der Waals surface area contributed by atoms with Crippen LogP contribution in [0.5, 0.6) is 0 Å². The molecule has 0 saturated heterocycles. The maximum Gasteiger partial charge on any atom is 0.337 e. The van der Waals surface area contributed by atoms with Gasteiger partial charge in [-0.3, -0.25) is 4.79 Å². The van der Waals surface area contributed by atoms with Gasteiger partial charge in [0.1, 0.15) is 5.39 Å². The number of aromatic amines is 1. The Labute approximate surface area is 130 Å². The summed E-state index contributed by atoms with van der Waals surface area (Å²) in [6, 6.07) is 11.2. The minimum absolute atomic E-state index is 0.101. The summed E-state index contributed by atoms with van der Waals surface area (Å²) in [5, 5.41) is 0.795. The number of thioether (sulfide) groups is 1. The van der Waals surface area contributed by atoms with Crippen LogP contribution in [0, 0.1) is 0 Å². The number of benzene rings is 1. The molecule has 22 heavy (non-hydrogen) atoms. The van der Waals surface area contributed by atoms with Crippen molar-refractivity contribution in [2.75, 3.05) is 0 Å². The van der Waals surface area contributed by atoms with Crippen LogP contribution in [0.15, 0.2) is 55.6 Å². The van der Waals surface area contributed by atoms with Crippen molar-refractivity contribution < 1.29 is 4.42 Å². The van der Waals surface area contributed by atoms with Crippen LogP contribution in [0.4, 0.5) is 0 Å². The molecule has 0 aliphatic rings. The van der Waals surface area contributed by atoms with Gasteiger partial charge in [-0.25, -0.2) is 4.79 Å². The molecule has 0 fully saturated rings. The van der Waals surface area contributed by atoms with Crippen LogP contribution in [0.2, 0.25) is 0 Å². The Balaban J connectivity index is 1.99. The van der Waals surface area contributed by atoms with Gasteiger partial charge in [0, 0.05) is 11.8 Å². The molecular weight excluding hydrogens is 300 g/mol. The molecule has 3 rings (SSSR count). The van der Waals surface area contributed by atoms with Crippen LogP contribution in [0.1, 0.15) is 18.1 Å². The first kappa shape index (κ1) is 14.6. The molecule has 3 aromatic rings. The molecule has 2 heterocycles. The second kappa shape index (κ2) is 6.19. The minimum atomic E-state index is -0.485. The zero-order chi connectivity index (χ0) is 15.5. The van der Waals surface area contributed by atoms with Gasteiger partial charge >= 0.3 is 5.63 Å². The summed E-state index contributed by atoms with van der Waals surface area (Å²) < 4.78 is 5.08. The lowest BCUT2D eigenvalue weighted by Gasteiger charge is -2.04. The number of nitrogens with one attached hydrogen (secondary N) is 1. The van der Waals surface area contributed by atoms with E-state index in [2.05, 4.69) is 9.97 Å². The van der Waals surface area contributed by atoms with E-state index in [9.17, 15) is 9.59 Å². The van der Waals surface area contributed by atoms with E-state index in [-0.39, 0.29) is 11.3 Å². The average Bonchev–Trinajstić information content (AvgIpc) is 2.52. The summed E-state index contributed by atoms with van der Waals surface area (Å²) in [6.45, 7) is 1.88. The first-order chi connectivity index (χ1) is 10.7. The Kier molecular flexibility index (Phi) is 4.11. The molecule has 0 bridgehead atoms. The molecule has 0 aliphatic heterocycles. The van der Waals surface area contributed by atoms with Gasteiger partial charge in [-0.15, -0.1) is 0 Å². The molecule has 0 spiro atoms. The predicted molar refractivity (Wildman–Crippen MR) is 86.3 cm³/mol. The van der Waals surface area contributed by atoms with Crippen molar-refractivity contribution in [3.63, 3.8) is 0 Å². The van der Waals surface area contributed by atoms with Gasteiger partial charge in [0.2, 0.25) is 5.71 Å². The summed E-state index contributed by atoms with van der Waals surface area (Å²) >= 11 is 1.39. The lowest BCUT2D eigenvalue weighted by molar-refractivity contribution is 0.541. The molecule has 0 atom stereocenters. The van der Waals surface area contributed by atoms with E-state index in [1.165, 1.54) is 17.8 Å². The van der Waals surface area contributed by atoms with Crippen molar-refractivity contribution in [1.82, 2.24) is 9.97 Å². The first-order valence-electron chi connectivity index (χ1n) is 6.91. The number of aromatic nitrogens is 2. The van der Waals surface area contributed by atoms with Crippen LogP contribution < -0.4 is 11.2 Å². The van der Waals surface area contributed by atoms with Crippen LogP contribution >= 0.6 is 11.8 Å². The van der Waals surface area contributed by atoms with Crippen LogP contribution in [-0.2, 0) is 12.2 Å². The van der Waals surface area contributed by atoms with E-state index in [1.54, 1.807) is 0 Å². The SMILES string of the molecule is CCc1cc(=O)oc2nc(SCc3ccccc3)[nH]c(=O)c12. The van der Waals surface area contributed by atoms with Crippen molar-refractivity contribution >= 4 is 22.9 Å². The summed E-state index contributed by atoms with van der Waals surface area (Å²) in [6.07, 6.45) is 0.573. The van der Waals surface area contributed by atoms with Crippen LogP contribution in [0.25, 0.3) is 11.1 Å². The number of nitrogens with zero attached hydrogens (tertiary/aromatic N) is 1. The Bertz CT molecular complexity index is 916. The second-order valence-corrected chi connectivity index (χ2v) is 5.73. The average molecular weight is 314 g/mol. The van der Waals surface area contributed by atoms with Gasteiger partial charge in [-0.1, -0.05) is 49.0 Å². The highest BCUT2D eigenvalue weighted by molar-refractivity contribution is 7.98. The third-order valence-electron chi connectivity index (χ3n) is 3.27. The van der Waals surface area contributed by atoms with E-state index >= 15 is 0 Å². The van der Waals surface area contributed by atoms with Gasteiger partial charge in [0.15, 0.2) is 5.16 Å². The molecule has 0 saturated carbocycles. The Morgan fingerprint density at radius 2 is 2.00 bits per heavy atom. The van der Waals surface area contributed by atoms with Gasteiger partial charge in [-0.05, 0) is 17.5 Å². The molecular formula is C16H14N2O3S. The number of aryl methyl sites for hydroxylation is 1. The summed E-state index contributed by atoms with van der Waals surface area (Å²) in [5.74, 6) is 0.674. The third-order valence-corrected chi connectivity index (χ3v) is 4.22. The Morgan fingerprint density at radius 1 is 1.23 bits per heavy atom. The third kappa shape index (κ3) is 2.96. The summed E-state index contributed by atoms with van der Waals surface area (Å²) in [4.78, 5) is 30.8. The summed E-state index contributed by atoms with van der Waals surface area (Å²) in [7, 11) is 0. The molecule has 5 nitrogen and oxygen atoms in total. The maximum atomic E-state index is 12.2. The molecule has 1 N–H and O–H groups in total. The number of hydrogen-bond acceptors (Lipinski definition) is 5. The van der Waals surface area contributed by atoms with Crippen LogP contribution in [0.3, 0.4) is 0 Å². The number of rotatable bonds is 4. The molecule has 112 valence electrons. The smallest absolute Gasteiger partial charge is 0.337 e. The van der Waals surface area contributed by atoms with E-state index in [0.29, 0.717) is 28.3 Å². The second-order valence-electron chi connectivity index (χ2n) is 4.77. The van der Waals surface area contributed by atoms with E-state index in [0.717, 1.165) is 5.56 Å². The van der Waals surface area contributed by atoms with Gasteiger partial charge in [0.25, 0.3) is 5.56 Å².